The summed E-state index contributed by atoms with van der Waals surface area (Å²) in [5, 5.41) is 9.63. The van der Waals surface area contributed by atoms with E-state index in [-0.39, 0.29) is 5.41 Å². The molecular weight excluding hydrogens is 182 g/mol. The number of nitriles is 1. The molecule has 0 unspecified atom stereocenters. The molecule has 0 spiro atoms. The van der Waals surface area contributed by atoms with Crippen LogP contribution >= 0.6 is 11.6 Å². The van der Waals surface area contributed by atoms with Crippen molar-refractivity contribution in [3.63, 3.8) is 0 Å². The maximum Gasteiger partial charge on any atom is 0.0959 e. The summed E-state index contributed by atoms with van der Waals surface area (Å²) < 4.78 is 0. The first-order chi connectivity index (χ1) is 5.99. The first-order valence-electron chi connectivity index (χ1n) is 4.78. The lowest BCUT2D eigenvalue weighted by molar-refractivity contribution is 0.447. The first kappa shape index (κ1) is 12.5. The van der Waals surface area contributed by atoms with E-state index in [0.29, 0.717) is 0 Å². The van der Waals surface area contributed by atoms with Crippen molar-refractivity contribution in [2.45, 2.75) is 47.0 Å². The van der Waals surface area contributed by atoms with Gasteiger partial charge in [-0.25, -0.2) is 0 Å². The monoisotopic (exact) mass is 199 g/mol. The van der Waals surface area contributed by atoms with E-state index in [9.17, 15) is 0 Å². The molecule has 1 nitrogen and oxygen atoms in total. The fourth-order valence-corrected chi connectivity index (χ4v) is 1.30. The Hall–Kier alpha value is -0.480. The molecule has 0 rings (SSSR count). The van der Waals surface area contributed by atoms with E-state index in [1.165, 1.54) is 0 Å². The molecule has 0 aromatic rings. The van der Waals surface area contributed by atoms with Crippen molar-refractivity contribution in [1.29, 1.82) is 5.26 Å². The third-order valence-electron chi connectivity index (χ3n) is 2.38. The minimum absolute atomic E-state index is 0.0538. The molecule has 0 saturated carbocycles. The average Bonchev–Trinajstić information content (AvgIpc) is 2.13. The Balaban J connectivity index is 4.87. The van der Waals surface area contributed by atoms with Gasteiger partial charge < -0.3 is 0 Å². The van der Waals surface area contributed by atoms with Crippen LogP contribution in [0.5, 0.6) is 0 Å². The fraction of sp³-hybridized carbons (Fsp3) is 0.727. The van der Waals surface area contributed by atoms with Gasteiger partial charge in [-0.1, -0.05) is 45.7 Å². The van der Waals surface area contributed by atoms with Gasteiger partial charge in [0.2, 0.25) is 0 Å². The smallest absolute Gasteiger partial charge is 0.0959 e. The maximum absolute atomic E-state index is 8.89. The molecule has 0 amide bonds. The van der Waals surface area contributed by atoms with Crippen molar-refractivity contribution in [2.24, 2.45) is 5.41 Å². The molecule has 0 aromatic heterocycles. The van der Waals surface area contributed by atoms with Crippen molar-refractivity contribution in [2.75, 3.05) is 0 Å². The molecule has 74 valence electrons. The van der Waals surface area contributed by atoms with Crippen molar-refractivity contribution in [1.82, 2.24) is 0 Å². The van der Waals surface area contributed by atoms with E-state index in [1.54, 1.807) is 0 Å². The summed E-state index contributed by atoms with van der Waals surface area (Å²) in [7, 11) is 0. The molecule has 0 aliphatic heterocycles. The number of rotatable bonds is 4. The van der Waals surface area contributed by atoms with Gasteiger partial charge in [-0.15, -0.1) is 0 Å². The minimum Gasteiger partial charge on any atom is -0.193 e. The lowest BCUT2D eigenvalue weighted by Crippen LogP contribution is -2.11. The van der Waals surface area contributed by atoms with E-state index >= 15 is 0 Å². The van der Waals surface area contributed by atoms with Gasteiger partial charge in [0.15, 0.2) is 0 Å². The van der Waals surface area contributed by atoms with Crippen LogP contribution in [0, 0.1) is 16.7 Å². The third-order valence-corrected chi connectivity index (χ3v) is 3.12. The lowest BCUT2D eigenvalue weighted by Gasteiger charge is -2.23. The van der Waals surface area contributed by atoms with Crippen LogP contribution in [-0.2, 0) is 0 Å². The number of hydrogen-bond acceptors (Lipinski definition) is 1. The molecule has 0 saturated heterocycles. The Bertz CT molecular complexity index is 233. The minimum atomic E-state index is -0.0538. The number of allylic oxidation sites excluding steroid dienone is 2. The van der Waals surface area contributed by atoms with Crippen molar-refractivity contribution >= 4 is 11.6 Å². The predicted octanol–water partition coefficient (Wildman–Crippen LogP) is 4.24. The van der Waals surface area contributed by atoms with E-state index in [2.05, 4.69) is 33.8 Å². The van der Waals surface area contributed by atoms with Gasteiger partial charge in [-0.2, -0.15) is 5.26 Å². The normalized spacial score (nSPS) is 13.5. The largest absolute Gasteiger partial charge is 0.193 e. The average molecular weight is 200 g/mol. The molecule has 0 radical (unpaired) electrons. The van der Waals surface area contributed by atoms with Crippen LogP contribution in [0.2, 0.25) is 0 Å². The van der Waals surface area contributed by atoms with Gasteiger partial charge in [-0.05, 0) is 12.8 Å². The molecule has 13 heavy (non-hydrogen) atoms. The second-order valence-corrected chi connectivity index (χ2v) is 4.27. The van der Waals surface area contributed by atoms with Gasteiger partial charge in [0.25, 0.3) is 0 Å². The number of nitrogens with zero attached hydrogens (tertiary/aromatic N) is 1. The van der Waals surface area contributed by atoms with Crippen LogP contribution in [0.25, 0.3) is 0 Å². The van der Waals surface area contributed by atoms with E-state index in [4.69, 9.17) is 16.9 Å². The highest BCUT2D eigenvalue weighted by Gasteiger charge is 2.22. The Morgan fingerprint density at radius 2 is 1.92 bits per heavy atom. The van der Waals surface area contributed by atoms with Crippen LogP contribution < -0.4 is 0 Å². The van der Waals surface area contributed by atoms with Gasteiger partial charge >= 0.3 is 0 Å². The van der Waals surface area contributed by atoms with Gasteiger partial charge in [-0.3, -0.25) is 0 Å². The highest BCUT2D eigenvalue weighted by molar-refractivity contribution is 6.30. The van der Waals surface area contributed by atoms with Crippen molar-refractivity contribution < 1.29 is 0 Å². The molecule has 0 heterocycles. The Labute approximate surface area is 86.4 Å². The Kier molecular flexibility index (Phi) is 5.10. The number of halogens is 1. The molecule has 0 bridgehead atoms. The molecule has 0 aromatic carbocycles. The fourth-order valence-electron chi connectivity index (χ4n) is 1.03. The summed E-state index contributed by atoms with van der Waals surface area (Å²) in [4.78, 5) is 0. The quantitative estimate of drug-likeness (QED) is 0.622. The molecular formula is C11H18ClN. The second kappa shape index (κ2) is 5.29. The van der Waals surface area contributed by atoms with E-state index < -0.39 is 0 Å². The first-order valence-corrected chi connectivity index (χ1v) is 5.16. The van der Waals surface area contributed by atoms with Crippen LogP contribution in [0.15, 0.2) is 10.6 Å². The molecule has 0 aliphatic carbocycles. The van der Waals surface area contributed by atoms with E-state index in [1.807, 2.05) is 0 Å². The van der Waals surface area contributed by atoms with Crippen LogP contribution in [-0.4, -0.2) is 0 Å². The van der Waals surface area contributed by atoms with E-state index in [0.717, 1.165) is 29.9 Å². The summed E-state index contributed by atoms with van der Waals surface area (Å²) in [6.45, 7) is 8.29. The number of hydrogen-bond donors (Lipinski definition) is 0. The zero-order chi connectivity index (χ0) is 10.5. The summed E-state index contributed by atoms with van der Waals surface area (Å²) in [5.41, 5.74) is 0.693. The highest BCUT2D eigenvalue weighted by atomic mass is 35.5. The second-order valence-electron chi connectivity index (χ2n) is 3.89. The van der Waals surface area contributed by atoms with Gasteiger partial charge in [0.1, 0.15) is 0 Å². The predicted molar refractivity (Wildman–Crippen MR) is 57.5 cm³/mol. The molecule has 2 heteroatoms. The summed E-state index contributed by atoms with van der Waals surface area (Å²) in [6, 6.07) is 2.19. The zero-order valence-corrected chi connectivity index (χ0v) is 9.70. The van der Waals surface area contributed by atoms with Gasteiger partial charge in [0.05, 0.1) is 6.07 Å². The standard InChI is InChI=1S/C11H18ClN/c1-5-7-9(8-13)10(12)11(3,4)6-2/h5-7H2,1-4H3. The van der Waals surface area contributed by atoms with Gasteiger partial charge in [0, 0.05) is 16.0 Å². The molecule has 0 atom stereocenters. The third kappa shape index (κ3) is 3.40. The lowest BCUT2D eigenvalue weighted by atomic mass is 9.87. The maximum atomic E-state index is 8.89. The highest BCUT2D eigenvalue weighted by Crippen LogP contribution is 2.36. The van der Waals surface area contributed by atoms with Crippen LogP contribution in [0.4, 0.5) is 0 Å². The topological polar surface area (TPSA) is 23.8 Å². The van der Waals surface area contributed by atoms with Crippen molar-refractivity contribution in [3.8, 4) is 6.07 Å². The Morgan fingerprint density at radius 1 is 1.38 bits per heavy atom. The molecule has 0 fully saturated rings. The summed E-state index contributed by atoms with van der Waals surface area (Å²) >= 11 is 6.17. The van der Waals surface area contributed by atoms with Crippen molar-refractivity contribution in [3.05, 3.63) is 10.6 Å². The Morgan fingerprint density at radius 3 is 2.23 bits per heavy atom. The summed E-state index contributed by atoms with van der Waals surface area (Å²) in [5.74, 6) is 0. The van der Waals surface area contributed by atoms with Crippen LogP contribution in [0.1, 0.15) is 47.0 Å². The SMILES string of the molecule is CCCC(C#N)=C(Cl)C(C)(C)CC. The van der Waals surface area contributed by atoms with Crippen LogP contribution in [0.3, 0.4) is 0 Å². The summed E-state index contributed by atoms with van der Waals surface area (Å²) in [6.07, 6.45) is 2.72. The molecule has 0 aliphatic rings. The zero-order valence-electron chi connectivity index (χ0n) is 8.95. The molecule has 0 N–H and O–H groups in total.